The first-order chi connectivity index (χ1) is 5.97. The van der Waals surface area contributed by atoms with Gasteiger partial charge in [-0.3, -0.25) is 0 Å². The van der Waals surface area contributed by atoms with Crippen LogP contribution in [-0.4, -0.2) is 6.04 Å². The van der Waals surface area contributed by atoms with Gasteiger partial charge in [0.15, 0.2) is 0 Å². The molecule has 0 saturated heterocycles. The van der Waals surface area contributed by atoms with Gasteiger partial charge in [0.2, 0.25) is 0 Å². The maximum Gasteiger partial charge on any atom is 0.00464 e. The van der Waals surface area contributed by atoms with Crippen molar-refractivity contribution in [3.05, 3.63) is 0 Å². The maximum absolute atomic E-state index is 6.14. The Hall–Kier alpha value is -0.0400. The summed E-state index contributed by atoms with van der Waals surface area (Å²) in [5.41, 5.74) is 6.54. The highest BCUT2D eigenvalue weighted by Crippen LogP contribution is 2.30. The van der Waals surface area contributed by atoms with Crippen LogP contribution in [0.25, 0.3) is 0 Å². The van der Waals surface area contributed by atoms with E-state index in [1.54, 1.807) is 0 Å². The summed E-state index contributed by atoms with van der Waals surface area (Å²) >= 11 is 0. The van der Waals surface area contributed by atoms with Gasteiger partial charge < -0.3 is 5.73 Å². The Labute approximate surface area is 83.1 Å². The van der Waals surface area contributed by atoms with E-state index in [4.69, 9.17) is 5.73 Å². The molecular weight excluding hydrogens is 158 g/mol. The molecule has 0 aliphatic heterocycles. The summed E-state index contributed by atoms with van der Waals surface area (Å²) in [6.45, 7) is 6.84. The summed E-state index contributed by atoms with van der Waals surface area (Å²) in [5.74, 6) is 0.942. The SMILES string of the molecule is CC(C)(C)CC(N)CC1CCCC1. The van der Waals surface area contributed by atoms with Crippen molar-refractivity contribution in [2.45, 2.75) is 65.3 Å². The van der Waals surface area contributed by atoms with Gasteiger partial charge in [-0.15, -0.1) is 0 Å². The van der Waals surface area contributed by atoms with Crippen LogP contribution in [0.5, 0.6) is 0 Å². The number of nitrogens with two attached hydrogens (primary N) is 1. The minimum atomic E-state index is 0.401. The van der Waals surface area contributed by atoms with E-state index in [9.17, 15) is 0 Å². The first kappa shape index (κ1) is 11.0. The van der Waals surface area contributed by atoms with Crippen molar-refractivity contribution >= 4 is 0 Å². The summed E-state index contributed by atoms with van der Waals surface area (Å²) in [5, 5.41) is 0. The van der Waals surface area contributed by atoms with Crippen LogP contribution in [0.15, 0.2) is 0 Å². The Balaban J connectivity index is 2.20. The lowest BCUT2D eigenvalue weighted by atomic mass is 9.85. The molecule has 0 aromatic rings. The molecule has 0 radical (unpaired) electrons. The minimum absolute atomic E-state index is 0.401. The molecule has 0 heterocycles. The quantitative estimate of drug-likeness (QED) is 0.713. The third kappa shape index (κ3) is 4.66. The maximum atomic E-state index is 6.14. The second-order valence-corrected chi connectivity index (χ2v) is 5.91. The van der Waals surface area contributed by atoms with E-state index >= 15 is 0 Å². The van der Waals surface area contributed by atoms with Gasteiger partial charge in [0.25, 0.3) is 0 Å². The van der Waals surface area contributed by atoms with Crippen LogP contribution in [0.1, 0.15) is 59.3 Å². The fourth-order valence-corrected chi connectivity index (χ4v) is 2.54. The van der Waals surface area contributed by atoms with Crippen molar-refractivity contribution in [3.63, 3.8) is 0 Å². The Morgan fingerprint density at radius 2 is 1.77 bits per heavy atom. The van der Waals surface area contributed by atoms with E-state index in [1.165, 1.54) is 38.5 Å². The molecule has 13 heavy (non-hydrogen) atoms. The fraction of sp³-hybridized carbons (Fsp3) is 1.00. The summed E-state index contributed by atoms with van der Waals surface area (Å²) in [6.07, 6.45) is 8.16. The predicted octanol–water partition coefficient (Wildman–Crippen LogP) is 3.33. The molecule has 0 aromatic carbocycles. The van der Waals surface area contributed by atoms with Crippen LogP contribution >= 0.6 is 0 Å². The molecule has 0 aromatic heterocycles. The van der Waals surface area contributed by atoms with Crippen LogP contribution in [0.2, 0.25) is 0 Å². The van der Waals surface area contributed by atoms with Gasteiger partial charge >= 0.3 is 0 Å². The number of hydrogen-bond acceptors (Lipinski definition) is 1. The van der Waals surface area contributed by atoms with Crippen molar-refractivity contribution in [2.24, 2.45) is 17.1 Å². The Bertz CT molecular complexity index is 140. The van der Waals surface area contributed by atoms with Crippen molar-refractivity contribution in [2.75, 3.05) is 0 Å². The van der Waals surface area contributed by atoms with Crippen molar-refractivity contribution in [3.8, 4) is 0 Å². The van der Waals surface area contributed by atoms with Gasteiger partial charge in [0, 0.05) is 6.04 Å². The Morgan fingerprint density at radius 1 is 1.23 bits per heavy atom. The lowest BCUT2D eigenvalue weighted by Gasteiger charge is -2.24. The van der Waals surface area contributed by atoms with E-state index < -0.39 is 0 Å². The topological polar surface area (TPSA) is 26.0 Å². The van der Waals surface area contributed by atoms with Gasteiger partial charge in [-0.05, 0) is 24.2 Å². The normalized spacial score (nSPS) is 22.2. The largest absolute Gasteiger partial charge is 0.328 e. The molecule has 0 amide bonds. The summed E-state index contributed by atoms with van der Waals surface area (Å²) in [7, 11) is 0. The molecule has 1 unspecified atom stereocenters. The minimum Gasteiger partial charge on any atom is -0.328 e. The Morgan fingerprint density at radius 3 is 2.23 bits per heavy atom. The lowest BCUT2D eigenvalue weighted by molar-refractivity contribution is 0.306. The fourth-order valence-electron chi connectivity index (χ4n) is 2.54. The molecule has 78 valence electrons. The zero-order valence-electron chi connectivity index (χ0n) is 9.47. The second kappa shape index (κ2) is 4.45. The van der Waals surface area contributed by atoms with Gasteiger partial charge in [0.05, 0.1) is 0 Å². The number of rotatable bonds is 3. The molecule has 1 fully saturated rings. The average Bonchev–Trinajstić information content (AvgIpc) is 2.34. The van der Waals surface area contributed by atoms with Crippen LogP contribution in [0, 0.1) is 11.3 Å². The molecule has 0 spiro atoms. The van der Waals surface area contributed by atoms with E-state index in [-0.39, 0.29) is 0 Å². The zero-order valence-corrected chi connectivity index (χ0v) is 9.47. The summed E-state index contributed by atoms with van der Waals surface area (Å²) in [4.78, 5) is 0. The van der Waals surface area contributed by atoms with Crippen molar-refractivity contribution in [1.29, 1.82) is 0 Å². The van der Waals surface area contributed by atoms with Gasteiger partial charge in [-0.1, -0.05) is 46.5 Å². The first-order valence-electron chi connectivity index (χ1n) is 5.73. The highest BCUT2D eigenvalue weighted by molar-refractivity contribution is 4.77. The third-order valence-corrected chi connectivity index (χ3v) is 2.99. The molecule has 1 aliphatic carbocycles. The summed E-state index contributed by atoms with van der Waals surface area (Å²) < 4.78 is 0. The zero-order chi connectivity index (χ0) is 9.90. The second-order valence-electron chi connectivity index (χ2n) is 5.91. The van der Waals surface area contributed by atoms with Crippen LogP contribution in [0.3, 0.4) is 0 Å². The van der Waals surface area contributed by atoms with E-state index in [1.807, 2.05) is 0 Å². The van der Waals surface area contributed by atoms with E-state index in [2.05, 4.69) is 20.8 Å². The molecule has 0 bridgehead atoms. The highest BCUT2D eigenvalue weighted by atomic mass is 14.6. The predicted molar refractivity (Wildman–Crippen MR) is 58.6 cm³/mol. The molecule has 1 rings (SSSR count). The van der Waals surface area contributed by atoms with E-state index in [0.717, 1.165) is 5.92 Å². The van der Waals surface area contributed by atoms with Gasteiger partial charge in [-0.2, -0.15) is 0 Å². The molecule has 1 aliphatic rings. The van der Waals surface area contributed by atoms with Crippen LogP contribution in [0.4, 0.5) is 0 Å². The lowest BCUT2D eigenvalue weighted by Crippen LogP contribution is -2.28. The van der Waals surface area contributed by atoms with E-state index in [0.29, 0.717) is 11.5 Å². The number of hydrogen-bond donors (Lipinski definition) is 1. The highest BCUT2D eigenvalue weighted by Gasteiger charge is 2.21. The Kier molecular flexibility index (Phi) is 3.78. The van der Waals surface area contributed by atoms with Gasteiger partial charge in [-0.25, -0.2) is 0 Å². The molecule has 2 N–H and O–H groups in total. The molecule has 1 atom stereocenters. The van der Waals surface area contributed by atoms with Gasteiger partial charge in [0.1, 0.15) is 0 Å². The third-order valence-electron chi connectivity index (χ3n) is 2.99. The van der Waals surface area contributed by atoms with Crippen LogP contribution < -0.4 is 5.73 Å². The monoisotopic (exact) mass is 183 g/mol. The molecule has 1 saturated carbocycles. The smallest absolute Gasteiger partial charge is 0.00464 e. The first-order valence-corrected chi connectivity index (χ1v) is 5.73. The summed E-state index contributed by atoms with van der Waals surface area (Å²) in [6, 6.07) is 0.433. The molecule has 1 heteroatoms. The molecule has 1 nitrogen and oxygen atoms in total. The molecular formula is C12H25N. The van der Waals surface area contributed by atoms with Crippen molar-refractivity contribution < 1.29 is 0 Å². The van der Waals surface area contributed by atoms with Crippen molar-refractivity contribution in [1.82, 2.24) is 0 Å². The average molecular weight is 183 g/mol. The standard InChI is InChI=1S/C12H25N/c1-12(2,3)9-11(13)8-10-6-4-5-7-10/h10-11H,4-9,13H2,1-3H3. The van der Waals surface area contributed by atoms with Crippen LogP contribution in [-0.2, 0) is 0 Å².